The zero-order chi connectivity index (χ0) is 31.7. The lowest BCUT2D eigenvalue weighted by molar-refractivity contribution is 0.331. The monoisotopic (exact) mass is 613 g/mol. The summed E-state index contributed by atoms with van der Waals surface area (Å²) < 4.78 is 49.2. The summed E-state index contributed by atoms with van der Waals surface area (Å²) in [6.07, 6.45) is 0. The number of ether oxygens (including phenoxy) is 3. The topological polar surface area (TPSA) is 142 Å². The first-order chi connectivity index (χ1) is 21.7. The molecule has 6 rings (SSSR count). The lowest BCUT2D eigenvalue weighted by Gasteiger charge is -2.17. The number of nitrogen functional groups attached to an aromatic ring is 1. The molecule has 13 heteroatoms. The maximum absolute atomic E-state index is 16.0. The van der Waals surface area contributed by atoms with E-state index in [1.165, 1.54) is 18.2 Å². The van der Waals surface area contributed by atoms with Crippen molar-refractivity contribution in [2.75, 3.05) is 40.3 Å². The summed E-state index contributed by atoms with van der Waals surface area (Å²) in [6.45, 7) is 2.79. The van der Waals surface area contributed by atoms with Gasteiger partial charge in [-0.1, -0.05) is 24.3 Å². The molecule has 2 aliphatic rings. The maximum Gasteiger partial charge on any atom is 0.263 e. The summed E-state index contributed by atoms with van der Waals surface area (Å²) >= 11 is 0. The predicted molar refractivity (Wildman–Crippen MR) is 164 cm³/mol. The van der Waals surface area contributed by atoms with Gasteiger partial charge in [0, 0.05) is 43.9 Å². The van der Waals surface area contributed by atoms with E-state index in [0.29, 0.717) is 18.7 Å². The molecule has 3 aromatic carbocycles. The van der Waals surface area contributed by atoms with Crippen molar-refractivity contribution in [3.05, 3.63) is 95.1 Å². The average molecular weight is 614 g/mol. The highest BCUT2D eigenvalue weighted by Gasteiger charge is 2.27. The Balaban J connectivity index is 1.41. The number of nitrogens with zero attached hydrogens (tertiary/aromatic N) is 5. The van der Waals surface area contributed by atoms with Crippen LogP contribution in [0.1, 0.15) is 16.7 Å². The summed E-state index contributed by atoms with van der Waals surface area (Å²) in [5, 5.41) is 18.1. The maximum atomic E-state index is 16.0. The highest BCUT2D eigenvalue weighted by Crippen LogP contribution is 2.41. The molecule has 2 aliphatic heterocycles. The number of phenols is 1. The zero-order valence-electron chi connectivity index (χ0n) is 24.4. The number of hydrogen-bond donors (Lipinski definition) is 3. The van der Waals surface area contributed by atoms with Crippen molar-refractivity contribution in [2.24, 2.45) is 15.7 Å². The van der Waals surface area contributed by atoms with Gasteiger partial charge >= 0.3 is 0 Å². The Morgan fingerprint density at radius 2 is 1.36 bits per heavy atom. The first kappa shape index (κ1) is 29.4. The molecule has 0 aliphatic carbocycles. The van der Waals surface area contributed by atoms with Crippen LogP contribution in [0.5, 0.6) is 40.5 Å². The molecule has 0 spiro atoms. The fourth-order valence-electron chi connectivity index (χ4n) is 4.89. The van der Waals surface area contributed by atoms with E-state index in [1.54, 1.807) is 36.4 Å². The third-order valence-electron chi connectivity index (χ3n) is 7.19. The number of aromatic nitrogens is 1. The fourth-order valence-corrected chi connectivity index (χ4v) is 4.89. The van der Waals surface area contributed by atoms with Gasteiger partial charge in [0.25, 0.3) is 11.8 Å². The first-order valence-electron chi connectivity index (χ1n) is 14.0. The van der Waals surface area contributed by atoms with Gasteiger partial charge < -0.3 is 34.9 Å². The molecule has 4 N–H and O–H groups in total. The number of hydrogen-bond acceptors (Lipinski definition) is 10. The van der Waals surface area contributed by atoms with Gasteiger partial charge in [0.1, 0.15) is 29.0 Å². The smallest absolute Gasteiger partial charge is 0.263 e. The standard InChI is InChI=1S/C32H29F2N7O4/c1-40-13-11-37-29(40)19-5-3-7-21(15-19)43-27-25(33)31(44-22-8-4-6-20(16-22)30-38-12-14-41(30)2)39-32(26(27)34)45-24-17-18(28(35)36)9-10-23(24)42/h3-10,15-17,42H,11-14H2,1-2H3,(H3,35,36). The fraction of sp³-hybridized carbons (Fsp3) is 0.188. The predicted octanol–water partition coefficient (Wildman–Crippen LogP) is 5.11. The molecule has 1 aromatic heterocycles. The Kier molecular flexibility index (Phi) is 7.90. The molecule has 4 aromatic rings. The molecule has 230 valence electrons. The lowest BCUT2D eigenvalue weighted by atomic mass is 10.2. The van der Waals surface area contributed by atoms with Crippen LogP contribution in [0.25, 0.3) is 0 Å². The number of halogens is 2. The molecular weight excluding hydrogens is 584 g/mol. The number of aliphatic imine (C=N–C) groups is 2. The third kappa shape index (κ3) is 6.05. The Morgan fingerprint density at radius 1 is 0.800 bits per heavy atom. The number of phenolic OH excluding ortho intramolecular Hbond substituents is 1. The van der Waals surface area contributed by atoms with E-state index in [0.717, 1.165) is 30.3 Å². The normalized spacial score (nSPS) is 14.3. The molecular formula is C32H29F2N7O4. The van der Waals surface area contributed by atoms with Gasteiger partial charge in [0.2, 0.25) is 17.4 Å². The minimum atomic E-state index is -1.29. The van der Waals surface area contributed by atoms with Gasteiger partial charge in [-0.25, -0.2) is 0 Å². The van der Waals surface area contributed by atoms with E-state index < -0.39 is 34.9 Å². The lowest BCUT2D eigenvalue weighted by Crippen LogP contribution is -2.23. The van der Waals surface area contributed by atoms with Crippen LogP contribution in [-0.4, -0.2) is 77.7 Å². The number of benzene rings is 3. The Hall–Kier alpha value is -5.72. The molecule has 0 saturated carbocycles. The van der Waals surface area contributed by atoms with Crippen LogP contribution in [0.2, 0.25) is 0 Å². The zero-order valence-corrected chi connectivity index (χ0v) is 24.4. The quantitative estimate of drug-likeness (QED) is 0.175. The second-order valence-electron chi connectivity index (χ2n) is 10.4. The third-order valence-corrected chi connectivity index (χ3v) is 7.19. The van der Waals surface area contributed by atoms with E-state index in [-0.39, 0.29) is 28.6 Å². The summed E-state index contributed by atoms with van der Waals surface area (Å²) in [4.78, 5) is 16.9. The van der Waals surface area contributed by atoms with Crippen LogP contribution in [0, 0.1) is 17.0 Å². The minimum absolute atomic E-state index is 0.127. The number of rotatable bonds is 9. The highest BCUT2D eigenvalue weighted by atomic mass is 19.1. The van der Waals surface area contributed by atoms with Gasteiger partial charge in [-0.05, 0) is 42.5 Å². The van der Waals surface area contributed by atoms with Crippen molar-refractivity contribution < 1.29 is 28.1 Å². The summed E-state index contributed by atoms with van der Waals surface area (Å²) in [6, 6.07) is 17.3. The molecule has 0 atom stereocenters. The van der Waals surface area contributed by atoms with Crippen LogP contribution in [0.4, 0.5) is 8.78 Å². The second kappa shape index (κ2) is 12.1. The minimum Gasteiger partial charge on any atom is -0.504 e. The summed E-state index contributed by atoms with van der Waals surface area (Å²) in [7, 11) is 3.81. The largest absolute Gasteiger partial charge is 0.504 e. The van der Waals surface area contributed by atoms with Crippen molar-refractivity contribution in [3.8, 4) is 40.5 Å². The van der Waals surface area contributed by atoms with Gasteiger partial charge in [-0.15, -0.1) is 0 Å². The Morgan fingerprint density at radius 3 is 1.89 bits per heavy atom. The van der Waals surface area contributed by atoms with Gasteiger partial charge in [0.05, 0.1) is 13.1 Å². The van der Waals surface area contributed by atoms with Crippen molar-refractivity contribution in [1.82, 2.24) is 14.8 Å². The van der Waals surface area contributed by atoms with Crippen molar-refractivity contribution >= 4 is 17.5 Å². The van der Waals surface area contributed by atoms with E-state index >= 15 is 8.78 Å². The number of nitrogens with two attached hydrogens (primary N) is 1. The number of likely N-dealkylation sites (N-methyl/N-ethyl adjacent to an activating group) is 2. The Labute approximate surface area is 257 Å². The second-order valence-corrected chi connectivity index (χ2v) is 10.4. The summed E-state index contributed by atoms with van der Waals surface area (Å²) in [5.74, 6) is -3.90. The summed E-state index contributed by atoms with van der Waals surface area (Å²) in [5.41, 5.74) is 7.22. The SMILES string of the molecule is CN1CCN=C1c1cccc(Oc2nc(Oc3cc(C(=N)N)ccc3O)c(F)c(Oc3cccc(C4=NCCN4C)c3)c2F)c1. The van der Waals surface area contributed by atoms with Crippen LogP contribution in [0.3, 0.4) is 0 Å². The van der Waals surface area contributed by atoms with Gasteiger partial charge in [-0.3, -0.25) is 15.4 Å². The number of nitrogens with one attached hydrogen (secondary N) is 1. The van der Waals surface area contributed by atoms with E-state index in [9.17, 15) is 5.11 Å². The molecule has 0 fully saturated rings. The first-order valence-corrected chi connectivity index (χ1v) is 14.0. The molecule has 3 heterocycles. The molecule has 0 saturated heterocycles. The van der Waals surface area contributed by atoms with E-state index in [4.69, 9.17) is 25.4 Å². The molecule has 11 nitrogen and oxygen atoms in total. The van der Waals surface area contributed by atoms with Gasteiger partial charge in [-0.2, -0.15) is 13.8 Å². The molecule has 45 heavy (non-hydrogen) atoms. The number of amidine groups is 3. The van der Waals surface area contributed by atoms with Crippen molar-refractivity contribution in [3.63, 3.8) is 0 Å². The number of pyridine rings is 1. The molecule has 0 radical (unpaired) electrons. The van der Waals surface area contributed by atoms with Crippen LogP contribution >= 0.6 is 0 Å². The molecule has 0 bridgehead atoms. The Bertz CT molecular complexity index is 1860. The molecule has 0 amide bonds. The highest BCUT2D eigenvalue weighted by molar-refractivity contribution is 6.00. The van der Waals surface area contributed by atoms with Crippen molar-refractivity contribution in [1.29, 1.82) is 5.41 Å². The number of aromatic hydroxyl groups is 1. The van der Waals surface area contributed by atoms with E-state index in [2.05, 4.69) is 15.0 Å². The van der Waals surface area contributed by atoms with Crippen molar-refractivity contribution in [2.45, 2.75) is 0 Å². The van der Waals surface area contributed by atoms with E-state index in [1.807, 2.05) is 36.0 Å². The van der Waals surface area contributed by atoms with Crippen LogP contribution in [-0.2, 0) is 0 Å². The molecule has 0 unspecified atom stereocenters. The van der Waals surface area contributed by atoms with Crippen LogP contribution < -0.4 is 19.9 Å². The van der Waals surface area contributed by atoms with Gasteiger partial charge in [0.15, 0.2) is 11.5 Å². The average Bonchev–Trinajstić information content (AvgIpc) is 3.66. The van der Waals surface area contributed by atoms with Crippen LogP contribution in [0.15, 0.2) is 76.7 Å².